The smallest absolute Gasteiger partial charge is 0.213 e. The largest absolute Gasteiger partial charge is 0.339 e. The molecule has 2 aromatic heterocycles. The molecule has 0 amide bonds. The van der Waals surface area contributed by atoms with Gasteiger partial charge in [0.05, 0.1) is 5.52 Å². The molecule has 0 radical (unpaired) electrons. The minimum atomic E-state index is 0.418. The van der Waals surface area contributed by atoms with Crippen molar-refractivity contribution >= 4 is 22.5 Å². The topological polar surface area (TPSA) is 58.4 Å². The van der Waals surface area contributed by atoms with E-state index in [-0.39, 0.29) is 0 Å². The molecule has 27 heavy (non-hydrogen) atoms. The van der Waals surface area contributed by atoms with Crippen LogP contribution in [0, 0.1) is 6.92 Å². The van der Waals surface area contributed by atoms with Crippen LogP contribution < -0.4 is 10.2 Å². The van der Waals surface area contributed by atoms with Gasteiger partial charge in [-0.3, -0.25) is 0 Å². The molecule has 0 bridgehead atoms. The van der Waals surface area contributed by atoms with E-state index in [1.165, 1.54) is 5.56 Å². The summed E-state index contributed by atoms with van der Waals surface area (Å²) >= 11 is 0. The number of anilines is 1. The third kappa shape index (κ3) is 2.73. The number of aryl methyl sites for hydroxylation is 1. The van der Waals surface area contributed by atoms with Crippen molar-refractivity contribution in [3.8, 4) is 11.4 Å². The molecule has 2 aromatic carbocycles. The summed E-state index contributed by atoms with van der Waals surface area (Å²) in [7, 11) is 0. The number of hydrogen-bond donors (Lipinski definition) is 1. The first kappa shape index (κ1) is 16.2. The molecule has 0 aliphatic carbocycles. The first-order valence-corrected chi connectivity index (χ1v) is 9.40. The molecule has 1 N–H and O–H groups in total. The summed E-state index contributed by atoms with van der Waals surface area (Å²) < 4.78 is 2.12. The van der Waals surface area contributed by atoms with Crippen molar-refractivity contribution in [1.82, 2.24) is 24.9 Å². The van der Waals surface area contributed by atoms with Gasteiger partial charge in [0.15, 0.2) is 11.5 Å². The van der Waals surface area contributed by atoms with E-state index >= 15 is 0 Å². The number of fused-ring (bicyclic) bond motifs is 3. The van der Waals surface area contributed by atoms with Gasteiger partial charge < -0.3 is 10.2 Å². The summed E-state index contributed by atoms with van der Waals surface area (Å²) in [6.45, 7) is 7.06. The molecule has 1 atom stereocenters. The molecule has 3 heterocycles. The van der Waals surface area contributed by atoms with Crippen molar-refractivity contribution in [2.24, 2.45) is 0 Å². The highest BCUT2D eigenvalue weighted by Gasteiger charge is 2.23. The molecule has 6 nitrogen and oxygen atoms in total. The van der Waals surface area contributed by atoms with Crippen LogP contribution >= 0.6 is 0 Å². The van der Waals surface area contributed by atoms with Crippen molar-refractivity contribution in [3.05, 3.63) is 54.1 Å². The minimum Gasteiger partial charge on any atom is -0.339 e. The van der Waals surface area contributed by atoms with Gasteiger partial charge in [0, 0.05) is 36.6 Å². The predicted octanol–water partition coefficient (Wildman–Crippen LogP) is 3.05. The second kappa shape index (κ2) is 6.32. The standard InChI is InChI=1S/C21H22N6/c1-14-7-9-16(10-8-14)19-24-25-20-17-5-3-4-6-18(17)23-21(27(19)20)26-12-11-22-15(2)13-26/h3-10,15,22H,11-13H2,1-2H3. The summed E-state index contributed by atoms with van der Waals surface area (Å²) in [5.74, 6) is 1.75. The quantitative estimate of drug-likeness (QED) is 0.597. The van der Waals surface area contributed by atoms with E-state index in [9.17, 15) is 0 Å². The summed E-state index contributed by atoms with van der Waals surface area (Å²) in [6.07, 6.45) is 0. The molecule has 6 heteroatoms. The molecular weight excluding hydrogens is 336 g/mol. The first-order chi connectivity index (χ1) is 13.2. The van der Waals surface area contributed by atoms with Crippen LogP contribution in [0.3, 0.4) is 0 Å². The highest BCUT2D eigenvalue weighted by atomic mass is 15.4. The van der Waals surface area contributed by atoms with Crippen molar-refractivity contribution in [1.29, 1.82) is 0 Å². The normalized spacial score (nSPS) is 17.7. The van der Waals surface area contributed by atoms with E-state index in [1.54, 1.807) is 0 Å². The number of piperazine rings is 1. The van der Waals surface area contributed by atoms with Crippen LogP contribution in [0.1, 0.15) is 12.5 Å². The number of aromatic nitrogens is 4. The van der Waals surface area contributed by atoms with Crippen LogP contribution in [-0.2, 0) is 0 Å². The zero-order valence-corrected chi connectivity index (χ0v) is 15.6. The Balaban J connectivity index is 1.79. The zero-order chi connectivity index (χ0) is 18.4. The van der Waals surface area contributed by atoms with E-state index in [0.717, 1.165) is 53.5 Å². The lowest BCUT2D eigenvalue weighted by Crippen LogP contribution is -2.50. The Hall–Kier alpha value is -2.99. The molecule has 5 rings (SSSR count). The van der Waals surface area contributed by atoms with Crippen LogP contribution in [0.15, 0.2) is 48.5 Å². The van der Waals surface area contributed by atoms with E-state index in [0.29, 0.717) is 6.04 Å². The molecule has 1 fully saturated rings. The number of rotatable bonds is 2. The maximum atomic E-state index is 5.02. The van der Waals surface area contributed by atoms with Gasteiger partial charge in [0.1, 0.15) is 0 Å². The first-order valence-electron chi connectivity index (χ1n) is 9.40. The third-order valence-electron chi connectivity index (χ3n) is 5.19. The fourth-order valence-electron chi connectivity index (χ4n) is 3.78. The maximum absolute atomic E-state index is 5.02. The van der Waals surface area contributed by atoms with Gasteiger partial charge >= 0.3 is 0 Å². The highest BCUT2D eigenvalue weighted by molar-refractivity contribution is 5.93. The van der Waals surface area contributed by atoms with Crippen LogP contribution in [0.4, 0.5) is 5.95 Å². The fraction of sp³-hybridized carbons (Fsp3) is 0.286. The van der Waals surface area contributed by atoms with Crippen LogP contribution in [-0.4, -0.2) is 45.3 Å². The average molecular weight is 358 g/mol. The molecule has 136 valence electrons. The molecule has 1 aliphatic rings. The lowest BCUT2D eigenvalue weighted by molar-refractivity contribution is 0.479. The van der Waals surface area contributed by atoms with E-state index in [1.807, 2.05) is 18.2 Å². The third-order valence-corrected chi connectivity index (χ3v) is 5.19. The van der Waals surface area contributed by atoms with Crippen molar-refractivity contribution < 1.29 is 0 Å². The van der Waals surface area contributed by atoms with Crippen molar-refractivity contribution in [2.45, 2.75) is 19.9 Å². The number of nitrogens with one attached hydrogen (secondary N) is 1. The van der Waals surface area contributed by atoms with Gasteiger partial charge in [-0.15, -0.1) is 10.2 Å². The van der Waals surface area contributed by atoms with Crippen LogP contribution in [0.2, 0.25) is 0 Å². The number of benzene rings is 2. The number of para-hydroxylation sites is 1. The van der Waals surface area contributed by atoms with E-state index in [2.05, 4.69) is 69.0 Å². The Morgan fingerprint density at radius 2 is 1.85 bits per heavy atom. The molecule has 1 unspecified atom stereocenters. The zero-order valence-electron chi connectivity index (χ0n) is 15.6. The van der Waals surface area contributed by atoms with Crippen molar-refractivity contribution in [2.75, 3.05) is 24.5 Å². The SMILES string of the molecule is Cc1ccc(-c2nnc3c4ccccc4nc(N4CCNC(C)C4)n23)cc1. The molecular formula is C21H22N6. The van der Waals surface area contributed by atoms with Gasteiger partial charge in [-0.2, -0.15) is 0 Å². The summed E-state index contributed by atoms with van der Waals surface area (Å²) in [5, 5.41) is 13.6. The Bertz CT molecular complexity index is 1110. The highest BCUT2D eigenvalue weighted by Crippen LogP contribution is 2.28. The fourth-order valence-corrected chi connectivity index (χ4v) is 3.78. The Labute approximate surface area is 157 Å². The van der Waals surface area contributed by atoms with Crippen molar-refractivity contribution in [3.63, 3.8) is 0 Å². The minimum absolute atomic E-state index is 0.418. The van der Waals surface area contributed by atoms with Crippen LogP contribution in [0.25, 0.3) is 27.9 Å². The Morgan fingerprint density at radius 3 is 2.67 bits per heavy atom. The second-order valence-corrected chi connectivity index (χ2v) is 7.28. The molecule has 4 aromatic rings. The lowest BCUT2D eigenvalue weighted by Gasteiger charge is -2.33. The molecule has 1 saturated heterocycles. The number of nitrogens with zero attached hydrogens (tertiary/aromatic N) is 5. The molecule has 1 aliphatic heterocycles. The average Bonchev–Trinajstić information content (AvgIpc) is 3.13. The molecule has 0 spiro atoms. The number of hydrogen-bond acceptors (Lipinski definition) is 5. The second-order valence-electron chi connectivity index (χ2n) is 7.28. The maximum Gasteiger partial charge on any atom is 0.213 e. The van der Waals surface area contributed by atoms with Gasteiger partial charge in [0.2, 0.25) is 5.95 Å². The monoisotopic (exact) mass is 358 g/mol. The summed E-state index contributed by atoms with van der Waals surface area (Å²) in [4.78, 5) is 7.35. The van der Waals surface area contributed by atoms with E-state index < -0.39 is 0 Å². The predicted molar refractivity (Wildman–Crippen MR) is 108 cm³/mol. The summed E-state index contributed by atoms with van der Waals surface area (Å²) in [6, 6.07) is 17.0. The van der Waals surface area contributed by atoms with Gasteiger partial charge in [-0.1, -0.05) is 42.0 Å². The molecule has 0 saturated carbocycles. The van der Waals surface area contributed by atoms with Gasteiger partial charge in [-0.05, 0) is 26.0 Å². The Kier molecular flexibility index (Phi) is 3.79. The van der Waals surface area contributed by atoms with Crippen LogP contribution in [0.5, 0.6) is 0 Å². The van der Waals surface area contributed by atoms with Gasteiger partial charge in [0.25, 0.3) is 0 Å². The lowest BCUT2D eigenvalue weighted by atomic mass is 10.1. The van der Waals surface area contributed by atoms with Gasteiger partial charge in [-0.25, -0.2) is 9.38 Å². The summed E-state index contributed by atoms with van der Waals surface area (Å²) in [5.41, 5.74) is 4.09. The van der Waals surface area contributed by atoms with E-state index in [4.69, 9.17) is 4.98 Å². The Morgan fingerprint density at radius 1 is 1.04 bits per heavy atom.